The zero-order valence-electron chi connectivity index (χ0n) is 14.8. The van der Waals surface area contributed by atoms with Crippen LogP contribution in [-0.2, 0) is 0 Å². The Labute approximate surface area is 150 Å². The highest BCUT2D eigenvalue weighted by Crippen LogP contribution is 2.20. The molecule has 0 saturated carbocycles. The Balaban J connectivity index is 1.96. The maximum atomic E-state index is 12.3. The minimum atomic E-state index is -4.40. The van der Waals surface area contributed by atoms with Gasteiger partial charge in [0.25, 0.3) is 5.91 Å². The molecule has 1 amide bonds. The molecular weight excluding hydrogens is 345 g/mol. The third-order valence-electron chi connectivity index (χ3n) is 3.79. The van der Waals surface area contributed by atoms with E-state index in [0.717, 1.165) is 5.56 Å². The quantitative estimate of drug-likeness (QED) is 0.810. The van der Waals surface area contributed by atoms with Gasteiger partial charge in [0.05, 0.1) is 17.9 Å². The van der Waals surface area contributed by atoms with Crippen molar-refractivity contribution >= 4 is 5.91 Å². The fourth-order valence-electron chi connectivity index (χ4n) is 2.27. The van der Waals surface area contributed by atoms with Crippen LogP contribution in [0, 0.1) is 0 Å². The number of amides is 1. The van der Waals surface area contributed by atoms with E-state index in [1.807, 2.05) is 12.1 Å². The highest BCUT2D eigenvalue weighted by atomic mass is 19.4. The lowest BCUT2D eigenvalue weighted by molar-refractivity contribution is -0.153. The molecule has 0 aliphatic heterocycles. The SMILES string of the molecule is CC(C)c1ccc(C(=O)N[C@H](C)c2ccc(OCC(F)(F)F)cn2)cc1. The van der Waals surface area contributed by atoms with Crippen molar-refractivity contribution in [2.45, 2.75) is 38.9 Å². The summed E-state index contributed by atoms with van der Waals surface area (Å²) in [6, 6.07) is 9.87. The number of alkyl halides is 3. The van der Waals surface area contributed by atoms with Gasteiger partial charge < -0.3 is 10.1 Å². The van der Waals surface area contributed by atoms with E-state index in [0.29, 0.717) is 17.2 Å². The van der Waals surface area contributed by atoms with Crippen molar-refractivity contribution in [3.05, 3.63) is 59.4 Å². The van der Waals surface area contributed by atoms with Crippen molar-refractivity contribution < 1.29 is 22.7 Å². The fourth-order valence-corrected chi connectivity index (χ4v) is 2.27. The lowest BCUT2D eigenvalue weighted by atomic mass is 10.0. The molecule has 1 heterocycles. The van der Waals surface area contributed by atoms with Crippen molar-refractivity contribution in [1.82, 2.24) is 10.3 Å². The number of halogens is 3. The Morgan fingerprint density at radius 1 is 1.12 bits per heavy atom. The number of hydrogen-bond acceptors (Lipinski definition) is 3. The van der Waals surface area contributed by atoms with Gasteiger partial charge >= 0.3 is 6.18 Å². The standard InChI is InChI=1S/C19H21F3N2O2/c1-12(2)14-4-6-15(7-5-14)18(25)24-13(3)17-9-8-16(10-23-17)26-11-19(20,21)22/h4-10,12-13H,11H2,1-3H3,(H,24,25)/t13-/m1/s1. The van der Waals surface area contributed by atoms with Gasteiger partial charge in [0.15, 0.2) is 6.61 Å². The number of nitrogens with zero attached hydrogens (tertiary/aromatic N) is 1. The highest BCUT2D eigenvalue weighted by Gasteiger charge is 2.28. The van der Waals surface area contributed by atoms with Gasteiger partial charge in [-0.25, -0.2) is 0 Å². The molecule has 0 unspecified atom stereocenters. The molecule has 4 nitrogen and oxygen atoms in total. The van der Waals surface area contributed by atoms with Crippen LogP contribution in [0.2, 0.25) is 0 Å². The average Bonchev–Trinajstić information content (AvgIpc) is 2.59. The summed E-state index contributed by atoms with van der Waals surface area (Å²) in [5.41, 5.74) is 2.20. The Hall–Kier alpha value is -2.57. The van der Waals surface area contributed by atoms with Crippen LogP contribution in [-0.4, -0.2) is 23.7 Å². The molecule has 0 spiro atoms. The molecule has 0 saturated heterocycles. The predicted molar refractivity (Wildman–Crippen MR) is 92.2 cm³/mol. The molecule has 26 heavy (non-hydrogen) atoms. The Kier molecular flexibility index (Phi) is 6.23. The number of carbonyl (C=O) groups is 1. The van der Waals surface area contributed by atoms with Gasteiger partial charge in [-0.05, 0) is 42.7 Å². The molecule has 2 aromatic rings. The molecule has 0 aliphatic rings. The first-order valence-electron chi connectivity index (χ1n) is 8.22. The van der Waals surface area contributed by atoms with E-state index < -0.39 is 18.8 Å². The monoisotopic (exact) mass is 366 g/mol. The Morgan fingerprint density at radius 2 is 1.77 bits per heavy atom. The summed E-state index contributed by atoms with van der Waals surface area (Å²) in [5, 5.41) is 2.81. The van der Waals surface area contributed by atoms with Crippen LogP contribution in [0.15, 0.2) is 42.6 Å². The topological polar surface area (TPSA) is 51.2 Å². The van der Waals surface area contributed by atoms with E-state index in [4.69, 9.17) is 0 Å². The second kappa shape index (κ2) is 8.21. The van der Waals surface area contributed by atoms with Crippen molar-refractivity contribution in [3.63, 3.8) is 0 Å². The molecule has 1 N–H and O–H groups in total. The van der Waals surface area contributed by atoms with E-state index in [2.05, 4.69) is 28.9 Å². The summed E-state index contributed by atoms with van der Waals surface area (Å²) in [4.78, 5) is 16.4. The summed E-state index contributed by atoms with van der Waals surface area (Å²) < 4.78 is 41.0. The Morgan fingerprint density at radius 3 is 2.27 bits per heavy atom. The van der Waals surface area contributed by atoms with E-state index in [-0.39, 0.29) is 11.7 Å². The second-order valence-electron chi connectivity index (χ2n) is 6.29. The van der Waals surface area contributed by atoms with Crippen molar-refractivity contribution in [3.8, 4) is 5.75 Å². The number of pyridine rings is 1. The number of ether oxygens (including phenoxy) is 1. The Bertz CT molecular complexity index is 726. The van der Waals surface area contributed by atoms with Gasteiger partial charge in [-0.3, -0.25) is 9.78 Å². The van der Waals surface area contributed by atoms with Crippen LogP contribution in [0.4, 0.5) is 13.2 Å². The fraction of sp³-hybridized carbons (Fsp3) is 0.368. The maximum absolute atomic E-state index is 12.3. The number of benzene rings is 1. The summed E-state index contributed by atoms with van der Waals surface area (Å²) in [7, 11) is 0. The molecule has 0 fully saturated rings. The van der Waals surface area contributed by atoms with Crippen LogP contribution < -0.4 is 10.1 Å². The molecule has 7 heteroatoms. The van der Waals surface area contributed by atoms with E-state index in [1.54, 1.807) is 19.1 Å². The van der Waals surface area contributed by atoms with Gasteiger partial charge in [0, 0.05) is 5.56 Å². The molecule has 1 aromatic heterocycles. The zero-order valence-corrected chi connectivity index (χ0v) is 14.8. The van der Waals surface area contributed by atoms with Gasteiger partial charge in [-0.2, -0.15) is 13.2 Å². The summed E-state index contributed by atoms with van der Waals surface area (Å²) in [6.07, 6.45) is -3.19. The van der Waals surface area contributed by atoms with Crippen molar-refractivity contribution in [1.29, 1.82) is 0 Å². The number of nitrogens with one attached hydrogen (secondary N) is 1. The van der Waals surface area contributed by atoms with Gasteiger partial charge in [0.1, 0.15) is 5.75 Å². The minimum Gasteiger partial charge on any atom is -0.483 e. The third kappa shape index (κ3) is 5.75. The molecule has 140 valence electrons. The molecule has 1 aromatic carbocycles. The van der Waals surface area contributed by atoms with E-state index >= 15 is 0 Å². The number of carbonyl (C=O) groups excluding carboxylic acids is 1. The van der Waals surface area contributed by atoms with Gasteiger partial charge in [-0.15, -0.1) is 0 Å². The number of rotatable bonds is 6. The first-order chi connectivity index (χ1) is 12.2. The molecule has 0 bridgehead atoms. The molecule has 2 rings (SSSR count). The predicted octanol–water partition coefficient (Wildman–Crippen LogP) is 4.64. The molecular formula is C19H21F3N2O2. The van der Waals surface area contributed by atoms with Crippen LogP contribution in [0.3, 0.4) is 0 Å². The molecule has 0 aliphatic carbocycles. The first-order valence-corrected chi connectivity index (χ1v) is 8.22. The summed E-state index contributed by atoms with van der Waals surface area (Å²) in [6.45, 7) is 4.53. The minimum absolute atomic E-state index is 0.0221. The first kappa shape index (κ1) is 19.8. The maximum Gasteiger partial charge on any atom is 0.422 e. The van der Waals surface area contributed by atoms with E-state index in [9.17, 15) is 18.0 Å². The lowest BCUT2D eigenvalue weighted by Crippen LogP contribution is -2.27. The van der Waals surface area contributed by atoms with Crippen LogP contribution >= 0.6 is 0 Å². The highest BCUT2D eigenvalue weighted by molar-refractivity contribution is 5.94. The third-order valence-corrected chi connectivity index (χ3v) is 3.79. The number of hydrogen-bond donors (Lipinski definition) is 1. The molecule has 0 radical (unpaired) electrons. The van der Waals surface area contributed by atoms with Crippen molar-refractivity contribution in [2.24, 2.45) is 0 Å². The smallest absolute Gasteiger partial charge is 0.422 e. The lowest BCUT2D eigenvalue weighted by Gasteiger charge is -2.15. The largest absolute Gasteiger partial charge is 0.483 e. The number of aromatic nitrogens is 1. The van der Waals surface area contributed by atoms with Gasteiger partial charge in [-0.1, -0.05) is 26.0 Å². The normalized spacial score (nSPS) is 12.7. The summed E-state index contributed by atoms with van der Waals surface area (Å²) in [5.74, 6) is 0.161. The van der Waals surface area contributed by atoms with Crippen LogP contribution in [0.1, 0.15) is 54.3 Å². The van der Waals surface area contributed by atoms with Crippen LogP contribution in [0.5, 0.6) is 5.75 Å². The van der Waals surface area contributed by atoms with Crippen molar-refractivity contribution in [2.75, 3.05) is 6.61 Å². The average molecular weight is 366 g/mol. The second-order valence-corrected chi connectivity index (χ2v) is 6.29. The van der Waals surface area contributed by atoms with Gasteiger partial charge in [0.2, 0.25) is 0 Å². The van der Waals surface area contributed by atoms with Crippen LogP contribution in [0.25, 0.3) is 0 Å². The summed E-state index contributed by atoms with van der Waals surface area (Å²) >= 11 is 0. The molecule has 1 atom stereocenters. The van der Waals surface area contributed by atoms with E-state index in [1.165, 1.54) is 18.3 Å². The zero-order chi connectivity index (χ0) is 19.3.